The van der Waals surface area contributed by atoms with Crippen molar-refractivity contribution in [2.75, 3.05) is 42.2 Å². The monoisotopic (exact) mass is 372 g/mol. The topological polar surface area (TPSA) is 95.0 Å². The fraction of sp³-hybridized carbons (Fsp3) is 0.278. The Kier molecular flexibility index (Phi) is 6.40. The van der Waals surface area contributed by atoms with Gasteiger partial charge in [-0.05, 0) is 36.8 Å². The zero-order valence-corrected chi connectivity index (χ0v) is 15.0. The first-order chi connectivity index (χ1) is 12.8. The highest BCUT2D eigenvalue weighted by Crippen LogP contribution is 2.24. The van der Waals surface area contributed by atoms with Crippen LogP contribution in [0.1, 0.15) is 6.42 Å². The molecule has 0 aliphatic heterocycles. The number of aromatic nitrogens is 3. The van der Waals surface area contributed by atoms with Gasteiger partial charge in [-0.1, -0.05) is 11.6 Å². The van der Waals surface area contributed by atoms with Gasteiger partial charge in [0.2, 0.25) is 5.95 Å². The third-order valence-corrected chi connectivity index (χ3v) is 3.96. The molecule has 2 aromatic heterocycles. The molecule has 1 aromatic carbocycles. The molecule has 0 atom stereocenters. The van der Waals surface area contributed by atoms with Crippen LogP contribution < -0.4 is 16.0 Å². The summed E-state index contributed by atoms with van der Waals surface area (Å²) in [6.07, 6.45) is 4.13. The van der Waals surface area contributed by atoms with Crippen LogP contribution in [0.4, 0.5) is 17.5 Å². The molecule has 0 fully saturated rings. The Bertz CT molecular complexity index is 860. The Labute approximate surface area is 156 Å². The molecular formula is C18H21ClN6O. The highest BCUT2D eigenvalue weighted by molar-refractivity contribution is 6.31. The summed E-state index contributed by atoms with van der Waals surface area (Å²) in [4.78, 5) is 12.9. The molecule has 0 spiro atoms. The third kappa shape index (κ3) is 4.93. The first-order valence-corrected chi connectivity index (χ1v) is 8.84. The SMILES string of the molecule is OCCCNc1nccc(NCCNc2ccnc3cc(Cl)ccc23)n1. The van der Waals surface area contributed by atoms with Gasteiger partial charge in [-0.25, -0.2) is 4.98 Å². The van der Waals surface area contributed by atoms with Gasteiger partial charge in [0.15, 0.2) is 0 Å². The van der Waals surface area contributed by atoms with Crippen molar-refractivity contribution in [3.8, 4) is 0 Å². The number of nitrogens with zero attached hydrogens (tertiary/aromatic N) is 3. The molecule has 0 bridgehead atoms. The predicted molar refractivity (Wildman–Crippen MR) is 106 cm³/mol. The summed E-state index contributed by atoms with van der Waals surface area (Å²) in [5.74, 6) is 1.30. The number of nitrogens with one attached hydrogen (secondary N) is 3. The van der Waals surface area contributed by atoms with E-state index in [0.717, 1.165) is 29.0 Å². The number of hydrogen-bond acceptors (Lipinski definition) is 7. The van der Waals surface area contributed by atoms with Gasteiger partial charge in [0.25, 0.3) is 0 Å². The maximum atomic E-state index is 8.81. The molecule has 3 aromatic rings. The number of pyridine rings is 1. The number of fused-ring (bicyclic) bond motifs is 1. The van der Waals surface area contributed by atoms with Crippen LogP contribution in [0, 0.1) is 0 Å². The van der Waals surface area contributed by atoms with E-state index in [0.29, 0.717) is 30.5 Å². The zero-order valence-electron chi connectivity index (χ0n) is 14.2. The van der Waals surface area contributed by atoms with Crippen LogP contribution in [-0.4, -0.2) is 46.3 Å². The van der Waals surface area contributed by atoms with E-state index in [1.54, 1.807) is 12.4 Å². The van der Waals surface area contributed by atoms with Crippen LogP contribution in [-0.2, 0) is 0 Å². The second kappa shape index (κ2) is 9.17. The van der Waals surface area contributed by atoms with Gasteiger partial charge in [0.1, 0.15) is 5.82 Å². The number of halogens is 1. The van der Waals surface area contributed by atoms with E-state index in [1.807, 2.05) is 30.3 Å². The molecule has 0 aliphatic rings. The lowest BCUT2D eigenvalue weighted by Gasteiger charge is -2.11. The second-order valence-corrected chi connectivity index (χ2v) is 6.08. The van der Waals surface area contributed by atoms with E-state index in [2.05, 4.69) is 30.9 Å². The maximum Gasteiger partial charge on any atom is 0.224 e. The lowest BCUT2D eigenvalue weighted by atomic mass is 10.2. The van der Waals surface area contributed by atoms with Crippen LogP contribution in [0.5, 0.6) is 0 Å². The van der Waals surface area contributed by atoms with Gasteiger partial charge in [-0.3, -0.25) is 4.98 Å². The molecule has 0 radical (unpaired) electrons. The smallest absolute Gasteiger partial charge is 0.224 e. The average molecular weight is 373 g/mol. The Morgan fingerprint density at radius 1 is 0.923 bits per heavy atom. The van der Waals surface area contributed by atoms with Crippen LogP contribution in [0.3, 0.4) is 0 Å². The highest BCUT2D eigenvalue weighted by Gasteiger charge is 2.03. The zero-order chi connectivity index (χ0) is 18.2. The molecule has 0 unspecified atom stereocenters. The molecule has 0 saturated carbocycles. The number of aliphatic hydroxyl groups excluding tert-OH is 1. The predicted octanol–water partition coefficient (Wildman–Crippen LogP) is 3.00. The minimum atomic E-state index is 0.145. The summed E-state index contributed by atoms with van der Waals surface area (Å²) in [7, 11) is 0. The molecule has 136 valence electrons. The fourth-order valence-electron chi connectivity index (χ4n) is 2.48. The Morgan fingerprint density at radius 3 is 2.65 bits per heavy atom. The molecule has 0 amide bonds. The van der Waals surface area contributed by atoms with Crippen LogP contribution >= 0.6 is 11.6 Å². The first kappa shape index (κ1) is 18.2. The molecule has 0 aliphatic carbocycles. The Morgan fingerprint density at radius 2 is 1.77 bits per heavy atom. The molecule has 0 saturated heterocycles. The normalized spacial score (nSPS) is 10.7. The molecule has 8 heteroatoms. The van der Waals surface area contributed by atoms with Crippen molar-refractivity contribution in [3.05, 3.63) is 47.7 Å². The third-order valence-electron chi connectivity index (χ3n) is 3.72. The van der Waals surface area contributed by atoms with E-state index in [-0.39, 0.29) is 6.61 Å². The van der Waals surface area contributed by atoms with E-state index in [9.17, 15) is 0 Å². The van der Waals surface area contributed by atoms with E-state index >= 15 is 0 Å². The van der Waals surface area contributed by atoms with E-state index in [4.69, 9.17) is 16.7 Å². The first-order valence-electron chi connectivity index (χ1n) is 8.46. The van der Waals surface area contributed by atoms with E-state index in [1.165, 1.54) is 0 Å². The molecule has 4 N–H and O–H groups in total. The summed E-state index contributed by atoms with van der Waals surface area (Å²) in [6.45, 7) is 2.21. The largest absolute Gasteiger partial charge is 0.396 e. The quantitative estimate of drug-likeness (QED) is 0.429. The number of benzene rings is 1. The summed E-state index contributed by atoms with van der Waals surface area (Å²) in [5, 5.41) is 20.3. The standard InChI is InChI=1S/C18H21ClN6O/c19-13-2-3-14-15(4-7-20-16(14)12-13)21-9-10-22-17-5-8-24-18(25-17)23-6-1-11-26/h2-5,7-8,12,26H,1,6,9-11H2,(H,20,21)(H2,22,23,24,25). The van der Waals surface area contributed by atoms with E-state index < -0.39 is 0 Å². The highest BCUT2D eigenvalue weighted by atomic mass is 35.5. The number of hydrogen-bond donors (Lipinski definition) is 4. The van der Waals surface area contributed by atoms with Gasteiger partial charge < -0.3 is 21.1 Å². The second-order valence-electron chi connectivity index (χ2n) is 5.64. The van der Waals surface area contributed by atoms with Crippen molar-refractivity contribution in [3.63, 3.8) is 0 Å². The number of aliphatic hydroxyl groups is 1. The summed E-state index contributed by atoms with van der Waals surface area (Å²) in [6, 6.07) is 9.45. The van der Waals surface area contributed by atoms with Crippen molar-refractivity contribution in [1.82, 2.24) is 15.0 Å². The van der Waals surface area contributed by atoms with Gasteiger partial charge in [-0.2, -0.15) is 4.98 Å². The molecule has 2 heterocycles. The van der Waals surface area contributed by atoms with Crippen molar-refractivity contribution in [1.29, 1.82) is 0 Å². The van der Waals surface area contributed by atoms with Gasteiger partial charge >= 0.3 is 0 Å². The summed E-state index contributed by atoms with van der Waals surface area (Å²) < 4.78 is 0. The molecular weight excluding hydrogens is 352 g/mol. The van der Waals surface area contributed by atoms with Crippen molar-refractivity contribution in [2.24, 2.45) is 0 Å². The van der Waals surface area contributed by atoms with Crippen LogP contribution in [0.15, 0.2) is 42.7 Å². The maximum absolute atomic E-state index is 8.81. The molecule has 3 rings (SSSR count). The Balaban J connectivity index is 1.52. The fourth-order valence-corrected chi connectivity index (χ4v) is 2.65. The number of rotatable bonds is 9. The lowest BCUT2D eigenvalue weighted by Crippen LogP contribution is -2.15. The van der Waals surface area contributed by atoms with Crippen molar-refractivity contribution < 1.29 is 5.11 Å². The van der Waals surface area contributed by atoms with Crippen LogP contribution in [0.2, 0.25) is 5.02 Å². The van der Waals surface area contributed by atoms with Gasteiger partial charge in [0, 0.05) is 54.7 Å². The Hall–Kier alpha value is -2.64. The van der Waals surface area contributed by atoms with Crippen molar-refractivity contribution >= 4 is 40.0 Å². The minimum Gasteiger partial charge on any atom is -0.396 e. The summed E-state index contributed by atoms with van der Waals surface area (Å²) >= 11 is 6.02. The lowest BCUT2D eigenvalue weighted by molar-refractivity contribution is 0.292. The summed E-state index contributed by atoms with van der Waals surface area (Å²) in [5.41, 5.74) is 1.88. The van der Waals surface area contributed by atoms with Crippen molar-refractivity contribution in [2.45, 2.75) is 6.42 Å². The van der Waals surface area contributed by atoms with Gasteiger partial charge in [-0.15, -0.1) is 0 Å². The molecule has 26 heavy (non-hydrogen) atoms. The number of anilines is 3. The minimum absolute atomic E-state index is 0.145. The van der Waals surface area contributed by atoms with Gasteiger partial charge in [0.05, 0.1) is 5.52 Å². The average Bonchev–Trinajstić information content (AvgIpc) is 2.65. The molecule has 7 nitrogen and oxygen atoms in total. The van der Waals surface area contributed by atoms with Crippen LogP contribution in [0.25, 0.3) is 10.9 Å².